The number of anilines is 1. The molecule has 1 aliphatic heterocycles. The maximum atomic E-state index is 14.0. The molecule has 0 fully saturated rings. The maximum absolute atomic E-state index is 14.0. The van der Waals surface area contributed by atoms with E-state index in [-0.39, 0.29) is 17.0 Å². The minimum Gasteiger partial charge on any atom is -0.502 e. The highest BCUT2D eigenvalue weighted by atomic mass is 16.6. The number of benzene rings is 3. The molecular weight excluding hydrogens is 480 g/mol. The summed E-state index contributed by atoms with van der Waals surface area (Å²) in [7, 11) is 0. The lowest BCUT2D eigenvalue weighted by molar-refractivity contribution is -0.385. The van der Waals surface area contributed by atoms with Gasteiger partial charge in [0.25, 0.3) is 0 Å². The summed E-state index contributed by atoms with van der Waals surface area (Å²) in [5.74, 6) is -1.53. The summed E-state index contributed by atoms with van der Waals surface area (Å²) < 4.78 is 0. The zero-order valence-corrected chi connectivity index (χ0v) is 21.3. The van der Waals surface area contributed by atoms with Crippen molar-refractivity contribution in [1.29, 1.82) is 0 Å². The summed E-state index contributed by atoms with van der Waals surface area (Å²) in [4.78, 5) is 41.1. The van der Waals surface area contributed by atoms with E-state index in [1.807, 2.05) is 49.4 Å². The number of rotatable bonds is 3. The number of allylic oxidation sites excluding steroid dienone is 3. The van der Waals surface area contributed by atoms with E-state index in [2.05, 4.69) is 18.7 Å². The number of Topliss-reactive ketones (excluding diaryl/α,β-unsaturated/α-hetero) is 2. The number of aromatic hydroxyl groups is 1. The van der Waals surface area contributed by atoms with Gasteiger partial charge in [-0.2, -0.15) is 0 Å². The molecule has 7 nitrogen and oxygen atoms in total. The summed E-state index contributed by atoms with van der Waals surface area (Å²) in [5, 5.41) is 21.8. The third-order valence-electron chi connectivity index (χ3n) is 7.72. The molecule has 7 heteroatoms. The molecule has 0 bridgehead atoms. The predicted octanol–water partition coefficient (Wildman–Crippen LogP) is 6.46. The number of nitrogens with zero attached hydrogens (tertiary/aromatic N) is 2. The SMILES string of the molecule is Cc1ccc(N2C3=C(C(=O)CC(C)(C)C3)C(c3ccc(O)c([N+](=O)[O-])c3)C3=C2c2ccccc2C3=O)cc1. The quantitative estimate of drug-likeness (QED) is 0.323. The normalized spacial score (nSPS) is 19.9. The second-order valence-corrected chi connectivity index (χ2v) is 11.0. The molecule has 3 aromatic rings. The Kier molecular flexibility index (Phi) is 5.18. The number of hydrogen-bond acceptors (Lipinski definition) is 6. The van der Waals surface area contributed by atoms with Crippen LogP contribution in [0, 0.1) is 22.5 Å². The van der Waals surface area contributed by atoms with Crippen molar-refractivity contribution in [2.45, 2.75) is 39.5 Å². The Morgan fingerprint density at radius 3 is 2.32 bits per heavy atom. The van der Waals surface area contributed by atoms with Crippen molar-refractivity contribution >= 4 is 28.6 Å². The van der Waals surface area contributed by atoms with E-state index in [1.165, 1.54) is 12.1 Å². The zero-order valence-electron chi connectivity index (χ0n) is 21.3. The van der Waals surface area contributed by atoms with Gasteiger partial charge in [0, 0.05) is 52.1 Å². The summed E-state index contributed by atoms with van der Waals surface area (Å²) >= 11 is 0. The zero-order chi connectivity index (χ0) is 26.9. The minimum atomic E-state index is -0.788. The van der Waals surface area contributed by atoms with Crippen LogP contribution in [-0.4, -0.2) is 21.6 Å². The molecule has 3 aliphatic rings. The number of phenolic OH excluding ortho intramolecular Hbond substituents is 1. The number of carbonyl (C=O) groups is 2. The van der Waals surface area contributed by atoms with E-state index in [1.54, 1.807) is 12.1 Å². The van der Waals surface area contributed by atoms with Gasteiger partial charge in [0.15, 0.2) is 17.3 Å². The average molecular weight is 507 g/mol. The lowest BCUT2D eigenvalue weighted by Gasteiger charge is -2.44. The third kappa shape index (κ3) is 3.49. The van der Waals surface area contributed by atoms with Gasteiger partial charge < -0.3 is 10.0 Å². The van der Waals surface area contributed by atoms with Crippen LogP contribution in [0.3, 0.4) is 0 Å². The highest BCUT2D eigenvalue weighted by Crippen LogP contribution is 2.56. The third-order valence-corrected chi connectivity index (χ3v) is 7.72. The first-order valence-corrected chi connectivity index (χ1v) is 12.6. The first-order valence-electron chi connectivity index (χ1n) is 12.6. The van der Waals surface area contributed by atoms with E-state index >= 15 is 0 Å². The van der Waals surface area contributed by atoms with Crippen LogP contribution in [-0.2, 0) is 4.79 Å². The fraction of sp³-hybridized carbons (Fsp3) is 0.226. The molecule has 0 spiro atoms. The molecule has 0 radical (unpaired) electrons. The van der Waals surface area contributed by atoms with Crippen molar-refractivity contribution in [2.75, 3.05) is 4.90 Å². The molecule has 1 atom stereocenters. The van der Waals surface area contributed by atoms with Crippen LogP contribution in [0.1, 0.15) is 59.7 Å². The molecule has 0 aromatic heterocycles. The highest BCUT2D eigenvalue weighted by molar-refractivity contribution is 6.25. The van der Waals surface area contributed by atoms with Crippen molar-refractivity contribution in [3.63, 3.8) is 0 Å². The van der Waals surface area contributed by atoms with Gasteiger partial charge in [-0.3, -0.25) is 19.7 Å². The Bertz CT molecular complexity index is 1630. The molecule has 0 saturated heterocycles. The molecule has 1 unspecified atom stereocenters. The molecular formula is C31H26N2O5. The number of aryl methyl sites for hydroxylation is 1. The van der Waals surface area contributed by atoms with Crippen LogP contribution in [0.15, 0.2) is 83.6 Å². The second kappa shape index (κ2) is 8.25. The van der Waals surface area contributed by atoms with Crippen LogP contribution in [0.25, 0.3) is 5.70 Å². The fourth-order valence-electron chi connectivity index (χ4n) is 6.08. The Morgan fingerprint density at radius 2 is 1.63 bits per heavy atom. The van der Waals surface area contributed by atoms with Crippen molar-refractivity contribution in [1.82, 2.24) is 0 Å². The van der Waals surface area contributed by atoms with Gasteiger partial charge in [-0.1, -0.05) is 61.9 Å². The Morgan fingerprint density at radius 1 is 0.947 bits per heavy atom. The van der Waals surface area contributed by atoms with E-state index in [4.69, 9.17) is 0 Å². The monoisotopic (exact) mass is 506 g/mol. The van der Waals surface area contributed by atoms with Crippen LogP contribution in [0.2, 0.25) is 0 Å². The summed E-state index contributed by atoms with van der Waals surface area (Å²) in [5.41, 5.74) is 5.35. The maximum Gasteiger partial charge on any atom is 0.310 e. The van der Waals surface area contributed by atoms with Crippen molar-refractivity contribution in [3.8, 4) is 5.75 Å². The molecule has 1 heterocycles. The van der Waals surface area contributed by atoms with E-state index in [0.29, 0.717) is 40.8 Å². The molecule has 2 aliphatic carbocycles. The minimum absolute atomic E-state index is 0.0793. The standard InChI is InChI=1S/C31H26N2O5/c1-17-8-11-19(12-9-17)32-23-15-31(2,3)16-25(35)27(23)26(18-10-13-24(34)22(14-18)33(37)38)28-29(32)20-6-4-5-7-21(20)30(28)36/h4-14,26,34H,15-16H2,1-3H3. The molecule has 0 amide bonds. The van der Waals surface area contributed by atoms with Gasteiger partial charge in [0.2, 0.25) is 0 Å². The van der Waals surface area contributed by atoms with Crippen molar-refractivity contribution in [2.24, 2.45) is 5.41 Å². The van der Waals surface area contributed by atoms with Crippen LogP contribution in [0.4, 0.5) is 11.4 Å². The van der Waals surface area contributed by atoms with Crippen LogP contribution in [0.5, 0.6) is 5.75 Å². The van der Waals surface area contributed by atoms with Gasteiger partial charge in [-0.05, 0) is 42.5 Å². The van der Waals surface area contributed by atoms with Crippen LogP contribution < -0.4 is 4.90 Å². The van der Waals surface area contributed by atoms with Gasteiger partial charge in [0.05, 0.1) is 10.6 Å². The average Bonchev–Trinajstić information content (AvgIpc) is 3.15. The van der Waals surface area contributed by atoms with Crippen LogP contribution >= 0.6 is 0 Å². The van der Waals surface area contributed by atoms with Gasteiger partial charge in [-0.15, -0.1) is 0 Å². The number of carbonyl (C=O) groups excluding carboxylic acids is 2. The topological polar surface area (TPSA) is 101 Å². The van der Waals surface area contributed by atoms with Crippen molar-refractivity contribution in [3.05, 3.63) is 116 Å². The lowest BCUT2D eigenvalue weighted by atomic mass is 9.68. The molecule has 3 aromatic carbocycles. The Hall–Kier alpha value is -4.52. The predicted molar refractivity (Wildman–Crippen MR) is 144 cm³/mol. The smallest absolute Gasteiger partial charge is 0.310 e. The summed E-state index contributed by atoms with van der Waals surface area (Å²) in [6, 6.07) is 19.5. The second-order valence-electron chi connectivity index (χ2n) is 11.0. The molecule has 190 valence electrons. The number of fused-ring (bicyclic) bond motifs is 2. The first-order chi connectivity index (χ1) is 18.1. The number of hydrogen-bond donors (Lipinski definition) is 1. The van der Waals surface area contributed by atoms with E-state index < -0.39 is 22.3 Å². The summed E-state index contributed by atoms with van der Waals surface area (Å²) in [6.45, 7) is 6.12. The van der Waals surface area contributed by atoms with Gasteiger partial charge >= 0.3 is 5.69 Å². The van der Waals surface area contributed by atoms with Crippen molar-refractivity contribution < 1.29 is 19.6 Å². The summed E-state index contributed by atoms with van der Waals surface area (Å²) in [6.07, 6.45) is 0.889. The Labute approximate surface area is 219 Å². The van der Waals surface area contributed by atoms with Gasteiger partial charge in [0.1, 0.15) is 0 Å². The molecule has 0 saturated carbocycles. The number of ketones is 2. The van der Waals surface area contributed by atoms with E-state index in [9.17, 15) is 24.8 Å². The highest BCUT2D eigenvalue weighted by Gasteiger charge is 2.49. The number of nitro benzene ring substituents is 1. The number of phenols is 1. The molecule has 1 N–H and O–H groups in total. The largest absolute Gasteiger partial charge is 0.502 e. The molecule has 6 rings (SSSR count). The van der Waals surface area contributed by atoms with Gasteiger partial charge in [-0.25, -0.2) is 0 Å². The first kappa shape index (κ1) is 23.9. The lowest BCUT2D eigenvalue weighted by Crippen LogP contribution is -2.39. The van der Waals surface area contributed by atoms with E-state index in [0.717, 1.165) is 22.5 Å². The fourth-order valence-corrected chi connectivity index (χ4v) is 6.08. The molecule has 38 heavy (non-hydrogen) atoms. The number of nitro groups is 1. The Balaban J connectivity index is 1.70.